The zero-order valence-electron chi connectivity index (χ0n) is 12.7. The summed E-state index contributed by atoms with van der Waals surface area (Å²) >= 11 is 0. The standard InChI is InChI=1S/C16H12F3N5O/c17-16(18,19)11-2-1-3-12(8-11)24-7-6-14(23-24)22-15(25)10-4-5-13(20)21-9-10/h1-9H,(H2,20,21)(H,22,23,25). The lowest BCUT2D eigenvalue weighted by molar-refractivity contribution is -0.137. The highest BCUT2D eigenvalue weighted by atomic mass is 19.4. The maximum atomic E-state index is 12.8. The lowest BCUT2D eigenvalue weighted by Gasteiger charge is -2.08. The molecule has 0 atom stereocenters. The smallest absolute Gasteiger partial charge is 0.384 e. The van der Waals surface area contributed by atoms with Crippen LogP contribution in [0.15, 0.2) is 54.9 Å². The number of alkyl halides is 3. The molecule has 128 valence electrons. The van der Waals surface area contributed by atoms with Crippen molar-refractivity contribution in [1.82, 2.24) is 14.8 Å². The van der Waals surface area contributed by atoms with Crippen LogP contribution < -0.4 is 11.1 Å². The van der Waals surface area contributed by atoms with Crippen LogP contribution in [-0.2, 0) is 6.18 Å². The first-order valence-corrected chi connectivity index (χ1v) is 7.09. The molecule has 2 aromatic heterocycles. The Bertz CT molecular complexity index is 903. The quantitative estimate of drug-likeness (QED) is 0.762. The lowest BCUT2D eigenvalue weighted by Crippen LogP contribution is -2.13. The van der Waals surface area contributed by atoms with Gasteiger partial charge in [-0.25, -0.2) is 9.67 Å². The van der Waals surface area contributed by atoms with Gasteiger partial charge in [0.25, 0.3) is 5.91 Å². The molecule has 9 heteroatoms. The minimum atomic E-state index is -4.44. The Labute approximate surface area is 140 Å². The molecule has 2 heterocycles. The number of pyridine rings is 1. The van der Waals surface area contributed by atoms with Crippen molar-refractivity contribution in [3.63, 3.8) is 0 Å². The summed E-state index contributed by atoms with van der Waals surface area (Å²) in [5.74, 6) is 0.0198. The van der Waals surface area contributed by atoms with E-state index in [-0.39, 0.29) is 22.9 Å². The maximum absolute atomic E-state index is 12.8. The molecular formula is C16H12F3N5O. The molecule has 0 fully saturated rings. The number of nitrogens with one attached hydrogen (secondary N) is 1. The molecule has 0 aliphatic rings. The predicted octanol–water partition coefficient (Wildman–Crippen LogP) is 3.12. The molecule has 3 aromatic rings. The fourth-order valence-corrected chi connectivity index (χ4v) is 2.09. The number of nitrogens with zero attached hydrogens (tertiary/aromatic N) is 3. The van der Waals surface area contributed by atoms with Gasteiger partial charge in [-0.1, -0.05) is 6.07 Å². The number of halogens is 3. The van der Waals surface area contributed by atoms with Crippen LogP contribution in [0.1, 0.15) is 15.9 Å². The van der Waals surface area contributed by atoms with E-state index in [1.54, 1.807) is 0 Å². The van der Waals surface area contributed by atoms with E-state index in [1.165, 1.54) is 47.4 Å². The first-order chi connectivity index (χ1) is 11.8. The molecule has 0 saturated heterocycles. The minimum Gasteiger partial charge on any atom is -0.384 e. The van der Waals surface area contributed by atoms with E-state index >= 15 is 0 Å². The number of benzene rings is 1. The van der Waals surface area contributed by atoms with Crippen molar-refractivity contribution in [3.05, 3.63) is 66.0 Å². The van der Waals surface area contributed by atoms with Crippen LogP contribution >= 0.6 is 0 Å². The number of rotatable bonds is 3. The molecule has 0 saturated carbocycles. The first kappa shape index (κ1) is 16.5. The fraction of sp³-hybridized carbons (Fsp3) is 0.0625. The Morgan fingerprint density at radius 1 is 1.16 bits per heavy atom. The highest BCUT2D eigenvalue weighted by Gasteiger charge is 2.30. The number of carbonyl (C=O) groups excluding carboxylic acids is 1. The van der Waals surface area contributed by atoms with Gasteiger partial charge in [0.15, 0.2) is 5.82 Å². The van der Waals surface area contributed by atoms with Crippen LogP contribution in [0.25, 0.3) is 5.69 Å². The fourth-order valence-electron chi connectivity index (χ4n) is 2.09. The molecule has 0 aliphatic heterocycles. The highest BCUT2D eigenvalue weighted by molar-refractivity contribution is 6.03. The Hall–Kier alpha value is -3.36. The molecule has 6 nitrogen and oxygen atoms in total. The predicted molar refractivity (Wildman–Crippen MR) is 85.2 cm³/mol. The largest absolute Gasteiger partial charge is 0.416 e. The van der Waals surface area contributed by atoms with Gasteiger partial charge in [0, 0.05) is 18.5 Å². The van der Waals surface area contributed by atoms with Crippen LogP contribution in [0.3, 0.4) is 0 Å². The molecule has 3 N–H and O–H groups in total. The second-order valence-electron chi connectivity index (χ2n) is 5.12. The van der Waals surface area contributed by atoms with E-state index in [0.717, 1.165) is 12.1 Å². The van der Waals surface area contributed by atoms with Crippen LogP contribution in [0.4, 0.5) is 24.8 Å². The van der Waals surface area contributed by atoms with Crippen molar-refractivity contribution in [2.45, 2.75) is 6.18 Å². The summed E-state index contributed by atoms with van der Waals surface area (Å²) in [4.78, 5) is 15.9. The molecule has 0 aliphatic carbocycles. The zero-order chi connectivity index (χ0) is 18.0. The third-order valence-electron chi connectivity index (χ3n) is 3.32. The van der Waals surface area contributed by atoms with Gasteiger partial charge in [0.05, 0.1) is 16.8 Å². The second-order valence-corrected chi connectivity index (χ2v) is 5.12. The van der Waals surface area contributed by atoms with Gasteiger partial charge >= 0.3 is 6.18 Å². The monoisotopic (exact) mass is 347 g/mol. The summed E-state index contributed by atoms with van der Waals surface area (Å²) < 4.78 is 39.6. The molecular weight excluding hydrogens is 335 g/mol. The molecule has 3 rings (SSSR count). The summed E-state index contributed by atoms with van der Waals surface area (Å²) in [6, 6.07) is 9.18. The van der Waals surface area contributed by atoms with Crippen molar-refractivity contribution >= 4 is 17.5 Å². The molecule has 1 amide bonds. The topological polar surface area (TPSA) is 85.8 Å². The molecule has 0 bridgehead atoms. The zero-order valence-corrected chi connectivity index (χ0v) is 12.7. The molecule has 1 aromatic carbocycles. The van der Waals surface area contributed by atoms with E-state index in [2.05, 4.69) is 15.4 Å². The molecule has 0 unspecified atom stereocenters. The van der Waals surface area contributed by atoms with Gasteiger partial charge < -0.3 is 11.1 Å². The van der Waals surface area contributed by atoms with Crippen molar-refractivity contribution < 1.29 is 18.0 Å². The van der Waals surface area contributed by atoms with Crippen molar-refractivity contribution in [3.8, 4) is 5.69 Å². The van der Waals surface area contributed by atoms with Crippen molar-refractivity contribution in [1.29, 1.82) is 0 Å². The number of carbonyl (C=O) groups is 1. The van der Waals surface area contributed by atoms with Gasteiger partial charge in [-0.2, -0.15) is 18.3 Å². The average molecular weight is 347 g/mol. The minimum absolute atomic E-state index is 0.194. The number of anilines is 2. The number of nitrogen functional groups attached to an aromatic ring is 1. The summed E-state index contributed by atoms with van der Waals surface area (Å²) in [6.07, 6.45) is -1.68. The number of nitrogens with two attached hydrogens (primary N) is 1. The number of hydrogen-bond acceptors (Lipinski definition) is 4. The molecule has 0 spiro atoms. The van der Waals surface area contributed by atoms with Gasteiger partial charge in [0.1, 0.15) is 5.82 Å². The van der Waals surface area contributed by atoms with E-state index in [0.29, 0.717) is 0 Å². The Kier molecular flexibility index (Phi) is 4.14. The van der Waals surface area contributed by atoms with Crippen molar-refractivity contribution in [2.75, 3.05) is 11.1 Å². The lowest BCUT2D eigenvalue weighted by atomic mass is 10.2. The normalized spacial score (nSPS) is 11.3. The molecule has 25 heavy (non-hydrogen) atoms. The van der Waals surface area contributed by atoms with E-state index < -0.39 is 17.6 Å². The van der Waals surface area contributed by atoms with Gasteiger partial charge in [-0.3, -0.25) is 4.79 Å². The van der Waals surface area contributed by atoms with Gasteiger partial charge in [0.2, 0.25) is 0 Å². The van der Waals surface area contributed by atoms with Gasteiger partial charge in [-0.05, 0) is 30.3 Å². The van der Waals surface area contributed by atoms with E-state index in [4.69, 9.17) is 5.73 Å². The van der Waals surface area contributed by atoms with Crippen LogP contribution in [-0.4, -0.2) is 20.7 Å². The summed E-state index contributed by atoms with van der Waals surface area (Å²) in [7, 11) is 0. The Balaban J connectivity index is 1.79. The Morgan fingerprint density at radius 2 is 1.96 bits per heavy atom. The van der Waals surface area contributed by atoms with Crippen molar-refractivity contribution in [2.24, 2.45) is 0 Å². The average Bonchev–Trinajstić information content (AvgIpc) is 3.03. The summed E-state index contributed by atoms with van der Waals surface area (Å²) in [6.45, 7) is 0. The van der Waals surface area contributed by atoms with E-state index in [9.17, 15) is 18.0 Å². The SMILES string of the molecule is Nc1ccc(C(=O)Nc2ccn(-c3cccc(C(F)(F)F)c3)n2)cn1. The molecule has 0 radical (unpaired) electrons. The van der Waals surface area contributed by atoms with Crippen LogP contribution in [0.5, 0.6) is 0 Å². The maximum Gasteiger partial charge on any atom is 0.416 e. The number of hydrogen-bond donors (Lipinski definition) is 2. The first-order valence-electron chi connectivity index (χ1n) is 7.09. The Morgan fingerprint density at radius 3 is 2.64 bits per heavy atom. The van der Waals surface area contributed by atoms with E-state index in [1.807, 2.05) is 0 Å². The van der Waals surface area contributed by atoms with Gasteiger partial charge in [-0.15, -0.1) is 0 Å². The van der Waals surface area contributed by atoms with Crippen LogP contribution in [0, 0.1) is 0 Å². The third kappa shape index (κ3) is 3.77. The number of amides is 1. The summed E-state index contributed by atoms with van der Waals surface area (Å²) in [5.41, 5.74) is 5.18. The van der Waals surface area contributed by atoms with Crippen LogP contribution in [0.2, 0.25) is 0 Å². The highest BCUT2D eigenvalue weighted by Crippen LogP contribution is 2.30. The summed E-state index contributed by atoms with van der Waals surface area (Å²) in [5, 5.41) is 6.60. The third-order valence-corrected chi connectivity index (χ3v) is 3.32. The number of aromatic nitrogens is 3. The second kappa shape index (κ2) is 6.27.